The summed E-state index contributed by atoms with van der Waals surface area (Å²) in [5.74, 6) is 0.427. The monoisotopic (exact) mass is 304 g/mol. The first-order valence-electron chi connectivity index (χ1n) is 6.96. The summed E-state index contributed by atoms with van der Waals surface area (Å²) in [5, 5.41) is 0. The molecule has 1 atom stereocenters. The van der Waals surface area contributed by atoms with Gasteiger partial charge in [-0.25, -0.2) is 4.39 Å². The van der Waals surface area contributed by atoms with Crippen molar-refractivity contribution >= 4 is 18.3 Å². The van der Waals surface area contributed by atoms with E-state index in [1.54, 1.807) is 6.07 Å². The molecular weight excluding hydrogens is 283 g/mol. The van der Waals surface area contributed by atoms with Crippen LogP contribution in [-0.2, 0) is 0 Å². The molecule has 0 aliphatic heterocycles. The molecule has 4 heteroatoms. The number of thiol groups is 1. The fraction of sp³-hybridized carbons (Fsp3) is 0.294. The number of anilines is 1. The molecule has 0 aliphatic carbocycles. The van der Waals surface area contributed by atoms with E-state index in [-0.39, 0.29) is 11.9 Å². The van der Waals surface area contributed by atoms with Crippen LogP contribution in [0, 0.1) is 5.82 Å². The lowest BCUT2D eigenvalue weighted by molar-refractivity contribution is 0.618. The molecule has 0 aromatic heterocycles. The van der Waals surface area contributed by atoms with Crippen LogP contribution >= 0.6 is 12.6 Å². The van der Waals surface area contributed by atoms with Crippen LogP contribution in [0.15, 0.2) is 42.5 Å². The number of hydrogen-bond donors (Lipinski definition) is 2. The Bertz CT molecular complexity index is 613. The zero-order chi connectivity index (χ0) is 15.4. The molecule has 0 spiro atoms. The zero-order valence-electron chi connectivity index (χ0n) is 12.4. The molecule has 0 radical (unpaired) electrons. The van der Waals surface area contributed by atoms with Gasteiger partial charge in [0, 0.05) is 25.8 Å². The predicted molar refractivity (Wildman–Crippen MR) is 91.6 cm³/mol. The third kappa shape index (κ3) is 3.99. The van der Waals surface area contributed by atoms with E-state index >= 15 is 0 Å². The summed E-state index contributed by atoms with van der Waals surface area (Å²) in [5.41, 5.74) is 9.81. The minimum absolute atomic E-state index is 0.186. The topological polar surface area (TPSA) is 29.3 Å². The molecule has 0 saturated heterocycles. The summed E-state index contributed by atoms with van der Waals surface area (Å²) in [6.45, 7) is 0. The number of nitrogens with two attached hydrogens (primary N) is 1. The number of hydrogen-bond acceptors (Lipinski definition) is 3. The molecule has 21 heavy (non-hydrogen) atoms. The molecule has 1 unspecified atom stereocenters. The van der Waals surface area contributed by atoms with Crippen LogP contribution < -0.4 is 10.6 Å². The highest BCUT2D eigenvalue weighted by atomic mass is 32.1. The second kappa shape index (κ2) is 6.96. The minimum Gasteiger partial charge on any atom is -0.378 e. The van der Waals surface area contributed by atoms with Gasteiger partial charge < -0.3 is 10.6 Å². The summed E-state index contributed by atoms with van der Waals surface area (Å²) >= 11 is 4.19. The van der Waals surface area contributed by atoms with E-state index in [0.717, 1.165) is 28.8 Å². The molecule has 0 amide bonds. The lowest BCUT2D eigenvalue weighted by atomic mass is 9.98. The Morgan fingerprint density at radius 2 is 1.90 bits per heavy atom. The first-order chi connectivity index (χ1) is 10.0. The van der Waals surface area contributed by atoms with Crippen molar-refractivity contribution in [3.8, 4) is 11.1 Å². The van der Waals surface area contributed by atoms with Crippen molar-refractivity contribution < 1.29 is 4.39 Å². The maximum Gasteiger partial charge on any atom is 0.124 e. The molecule has 2 aromatic carbocycles. The third-order valence-corrected chi connectivity index (χ3v) is 3.74. The lowest BCUT2D eigenvalue weighted by Crippen LogP contribution is -2.11. The maximum absolute atomic E-state index is 13.9. The average molecular weight is 304 g/mol. The standard InChI is InChI=1S/C17H21FN2S/c1-20(2)16-5-3-4-12(11-16)13-8-14(10-15(18)9-13)17(19)6-7-21/h3-5,8-11,17,21H,6-7,19H2,1-2H3. The van der Waals surface area contributed by atoms with Gasteiger partial charge in [-0.1, -0.05) is 12.1 Å². The van der Waals surface area contributed by atoms with Crippen molar-refractivity contribution in [2.75, 3.05) is 24.7 Å². The Hall–Kier alpha value is -1.52. The van der Waals surface area contributed by atoms with E-state index in [1.165, 1.54) is 6.07 Å². The zero-order valence-corrected chi connectivity index (χ0v) is 13.3. The molecular formula is C17H21FN2S. The summed E-state index contributed by atoms with van der Waals surface area (Å²) in [4.78, 5) is 2.02. The number of rotatable bonds is 5. The number of nitrogens with zero attached hydrogens (tertiary/aromatic N) is 1. The van der Waals surface area contributed by atoms with Gasteiger partial charge in [-0.2, -0.15) is 12.6 Å². The molecule has 2 rings (SSSR count). The Labute approximate surface area is 131 Å². The molecule has 0 bridgehead atoms. The van der Waals surface area contributed by atoms with Crippen LogP contribution in [-0.4, -0.2) is 19.8 Å². The molecule has 112 valence electrons. The molecule has 0 aliphatic rings. The average Bonchev–Trinajstić information content (AvgIpc) is 2.47. The van der Waals surface area contributed by atoms with Crippen molar-refractivity contribution in [1.29, 1.82) is 0 Å². The fourth-order valence-electron chi connectivity index (χ4n) is 2.26. The van der Waals surface area contributed by atoms with Crippen LogP contribution in [0.1, 0.15) is 18.0 Å². The predicted octanol–water partition coefficient (Wildman–Crippen LogP) is 3.88. The van der Waals surface area contributed by atoms with Crippen molar-refractivity contribution in [3.05, 3.63) is 53.8 Å². The fourth-order valence-corrected chi connectivity index (χ4v) is 2.54. The highest BCUT2D eigenvalue weighted by Crippen LogP contribution is 2.28. The van der Waals surface area contributed by atoms with Gasteiger partial charge in [0.1, 0.15) is 5.82 Å². The van der Waals surface area contributed by atoms with Crippen LogP contribution in [0.3, 0.4) is 0 Å². The Morgan fingerprint density at radius 1 is 1.14 bits per heavy atom. The second-order valence-electron chi connectivity index (χ2n) is 5.34. The largest absolute Gasteiger partial charge is 0.378 e. The van der Waals surface area contributed by atoms with Crippen LogP contribution in [0.4, 0.5) is 10.1 Å². The Balaban J connectivity index is 2.42. The van der Waals surface area contributed by atoms with Gasteiger partial charge in [0.15, 0.2) is 0 Å². The number of halogens is 1. The normalized spacial score (nSPS) is 12.2. The van der Waals surface area contributed by atoms with E-state index in [9.17, 15) is 4.39 Å². The maximum atomic E-state index is 13.9. The quantitative estimate of drug-likeness (QED) is 0.821. The second-order valence-corrected chi connectivity index (χ2v) is 5.78. The van der Waals surface area contributed by atoms with Crippen molar-refractivity contribution in [2.45, 2.75) is 12.5 Å². The van der Waals surface area contributed by atoms with Gasteiger partial charge >= 0.3 is 0 Å². The van der Waals surface area contributed by atoms with Crippen LogP contribution in [0.2, 0.25) is 0 Å². The highest BCUT2D eigenvalue weighted by molar-refractivity contribution is 7.80. The minimum atomic E-state index is -0.257. The van der Waals surface area contributed by atoms with Crippen molar-refractivity contribution in [1.82, 2.24) is 0 Å². The van der Waals surface area contributed by atoms with Gasteiger partial charge in [-0.3, -0.25) is 0 Å². The Kier molecular flexibility index (Phi) is 5.26. The molecule has 2 nitrogen and oxygen atoms in total. The molecule has 0 fully saturated rings. The van der Waals surface area contributed by atoms with Gasteiger partial charge in [-0.15, -0.1) is 0 Å². The summed E-state index contributed by atoms with van der Waals surface area (Å²) < 4.78 is 13.9. The lowest BCUT2D eigenvalue weighted by Gasteiger charge is -2.15. The highest BCUT2D eigenvalue weighted by Gasteiger charge is 2.10. The van der Waals surface area contributed by atoms with Gasteiger partial charge in [0.2, 0.25) is 0 Å². The van der Waals surface area contributed by atoms with Crippen LogP contribution in [0.25, 0.3) is 11.1 Å². The SMILES string of the molecule is CN(C)c1cccc(-c2cc(F)cc(C(N)CCS)c2)c1. The summed E-state index contributed by atoms with van der Waals surface area (Å²) in [7, 11) is 3.97. The number of benzene rings is 2. The summed E-state index contributed by atoms with van der Waals surface area (Å²) in [6, 6.07) is 12.9. The van der Waals surface area contributed by atoms with E-state index in [1.807, 2.05) is 49.3 Å². The molecule has 2 N–H and O–H groups in total. The van der Waals surface area contributed by atoms with E-state index in [2.05, 4.69) is 12.6 Å². The van der Waals surface area contributed by atoms with Crippen molar-refractivity contribution in [3.63, 3.8) is 0 Å². The molecule has 2 aromatic rings. The van der Waals surface area contributed by atoms with Gasteiger partial charge in [0.25, 0.3) is 0 Å². The smallest absolute Gasteiger partial charge is 0.124 e. The first-order valence-corrected chi connectivity index (χ1v) is 7.59. The van der Waals surface area contributed by atoms with E-state index < -0.39 is 0 Å². The van der Waals surface area contributed by atoms with Gasteiger partial charge in [0.05, 0.1) is 0 Å². The van der Waals surface area contributed by atoms with Gasteiger partial charge in [-0.05, 0) is 59.2 Å². The molecule has 0 saturated carbocycles. The summed E-state index contributed by atoms with van der Waals surface area (Å²) in [6.07, 6.45) is 0.726. The first kappa shape index (κ1) is 15.9. The van der Waals surface area contributed by atoms with E-state index in [4.69, 9.17) is 5.73 Å². The van der Waals surface area contributed by atoms with Crippen molar-refractivity contribution in [2.24, 2.45) is 5.73 Å². The van der Waals surface area contributed by atoms with Crippen LogP contribution in [0.5, 0.6) is 0 Å². The Morgan fingerprint density at radius 3 is 2.57 bits per heavy atom. The molecule has 0 heterocycles. The van der Waals surface area contributed by atoms with E-state index in [0.29, 0.717) is 5.75 Å². The third-order valence-electron chi connectivity index (χ3n) is 3.48.